The van der Waals surface area contributed by atoms with Crippen molar-refractivity contribution in [2.75, 3.05) is 34.9 Å². The Balaban J connectivity index is 1.94. The maximum Gasteiger partial charge on any atom is 0.169 e. The highest BCUT2D eigenvalue weighted by Gasteiger charge is 2.34. The first-order valence-electron chi connectivity index (χ1n) is 9.15. The zero-order valence-electron chi connectivity index (χ0n) is 16.1. The van der Waals surface area contributed by atoms with Crippen molar-refractivity contribution in [3.8, 4) is 5.75 Å². The van der Waals surface area contributed by atoms with Gasteiger partial charge in [0.15, 0.2) is 6.29 Å². The Morgan fingerprint density at radius 3 is 2.35 bits per heavy atom. The predicted octanol–water partition coefficient (Wildman–Crippen LogP) is 3.69. The predicted molar refractivity (Wildman–Crippen MR) is 104 cm³/mol. The lowest BCUT2D eigenvalue weighted by molar-refractivity contribution is -0.118. The van der Waals surface area contributed by atoms with Crippen LogP contribution < -0.4 is 4.74 Å². The second-order valence-corrected chi connectivity index (χ2v) is 6.90. The van der Waals surface area contributed by atoms with Gasteiger partial charge in [-0.1, -0.05) is 36.4 Å². The number of rotatable bonds is 7. The largest absolute Gasteiger partial charge is 0.497 e. The summed E-state index contributed by atoms with van der Waals surface area (Å²) < 4.78 is 16.2. The minimum atomic E-state index is -0.214. The van der Waals surface area contributed by atoms with Gasteiger partial charge in [0.25, 0.3) is 0 Å². The van der Waals surface area contributed by atoms with Gasteiger partial charge in [0, 0.05) is 32.7 Å². The summed E-state index contributed by atoms with van der Waals surface area (Å²) in [5, 5.41) is 0. The van der Waals surface area contributed by atoms with E-state index in [1.54, 1.807) is 21.3 Å². The number of hydrogen-bond donors (Lipinski definition) is 0. The molecule has 0 bridgehead atoms. The fraction of sp³-hybridized carbons (Fsp3) is 0.455. The van der Waals surface area contributed by atoms with Gasteiger partial charge in [0.05, 0.1) is 7.11 Å². The molecule has 0 saturated carbocycles. The van der Waals surface area contributed by atoms with E-state index < -0.39 is 0 Å². The quantitative estimate of drug-likeness (QED) is 0.709. The Labute approximate surface area is 156 Å². The molecule has 2 aromatic rings. The van der Waals surface area contributed by atoms with Crippen molar-refractivity contribution < 1.29 is 14.2 Å². The average Bonchev–Trinajstić information content (AvgIpc) is 2.71. The molecule has 0 fully saturated rings. The Hall–Kier alpha value is -1.88. The Morgan fingerprint density at radius 1 is 1.00 bits per heavy atom. The summed E-state index contributed by atoms with van der Waals surface area (Å²) in [7, 11) is 7.26. The van der Waals surface area contributed by atoms with Gasteiger partial charge in [-0.25, -0.2) is 0 Å². The second kappa shape index (κ2) is 8.67. The summed E-state index contributed by atoms with van der Waals surface area (Å²) in [6, 6.07) is 17.7. The molecule has 0 radical (unpaired) electrons. The van der Waals surface area contributed by atoms with Crippen LogP contribution in [-0.2, 0) is 15.9 Å². The summed E-state index contributed by atoms with van der Waals surface area (Å²) >= 11 is 0. The van der Waals surface area contributed by atoms with E-state index in [0.29, 0.717) is 12.0 Å². The van der Waals surface area contributed by atoms with Crippen LogP contribution in [0.25, 0.3) is 0 Å². The van der Waals surface area contributed by atoms with Crippen molar-refractivity contribution >= 4 is 0 Å². The lowest BCUT2D eigenvalue weighted by atomic mass is 9.75. The van der Waals surface area contributed by atoms with Gasteiger partial charge in [0.2, 0.25) is 0 Å². The lowest BCUT2D eigenvalue weighted by Gasteiger charge is -2.40. The minimum Gasteiger partial charge on any atom is -0.497 e. The molecule has 4 nitrogen and oxygen atoms in total. The van der Waals surface area contributed by atoms with E-state index in [1.165, 1.54) is 16.7 Å². The van der Waals surface area contributed by atoms with Crippen LogP contribution in [-0.4, -0.2) is 52.2 Å². The molecule has 0 unspecified atom stereocenters. The Morgan fingerprint density at radius 2 is 1.69 bits per heavy atom. The van der Waals surface area contributed by atoms with Gasteiger partial charge >= 0.3 is 0 Å². The smallest absolute Gasteiger partial charge is 0.169 e. The molecule has 3 rings (SSSR count). The number of likely N-dealkylation sites (N-methyl/N-ethyl adjacent to an activating group) is 1. The Kier molecular flexibility index (Phi) is 6.30. The third-order valence-electron chi connectivity index (χ3n) is 5.49. The van der Waals surface area contributed by atoms with Crippen molar-refractivity contribution in [2.24, 2.45) is 0 Å². The highest BCUT2D eigenvalue weighted by Crippen LogP contribution is 2.39. The van der Waals surface area contributed by atoms with E-state index in [-0.39, 0.29) is 6.29 Å². The zero-order chi connectivity index (χ0) is 18.5. The standard InChI is InChI=1S/C22H29NO3/c1-23(15-21(25-3)26-4)20-14-11-16-7-5-6-8-19(16)22(20)17-9-12-18(24-2)13-10-17/h5-10,12-13,20-22H,11,14-15H2,1-4H3/t20-,22-/m0/s1. The maximum atomic E-state index is 5.42. The summed E-state index contributed by atoms with van der Waals surface area (Å²) in [4.78, 5) is 2.38. The van der Waals surface area contributed by atoms with Crippen LogP contribution in [0.5, 0.6) is 5.75 Å². The molecule has 1 aliphatic rings. The second-order valence-electron chi connectivity index (χ2n) is 6.90. The van der Waals surface area contributed by atoms with Crippen LogP contribution in [0.4, 0.5) is 0 Å². The number of aryl methyl sites for hydroxylation is 1. The SMILES string of the molecule is COc1ccc([C@H]2c3ccccc3CC[C@@H]2N(C)CC(OC)OC)cc1. The third kappa shape index (κ3) is 3.93. The number of benzene rings is 2. The van der Waals surface area contributed by atoms with Crippen molar-refractivity contribution in [1.82, 2.24) is 4.90 Å². The molecule has 1 aliphatic carbocycles. The number of ether oxygens (including phenoxy) is 3. The van der Waals surface area contributed by atoms with Gasteiger partial charge < -0.3 is 14.2 Å². The summed E-state index contributed by atoms with van der Waals surface area (Å²) in [5.41, 5.74) is 4.20. The van der Waals surface area contributed by atoms with Crippen molar-refractivity contribution in [3.05, 3.63) is 65.2 Å². The maximum absolute atomic E-state index is 5.42. The van der Waals surface area contributed by atoms with E-state index in [1.807, 2.05) is 0 Å². The van der Waals surface area contributed by atoms with Crippen LogP contribution in [0.15, 0.2) is 48.5 Å². The molecule has 4 heteroatoms. The lowest BCUT2D eigenvalue weighted by Crippen LogP contribution is -2.44. The number of fused-ring (bicyclic) bond motifs is 1. The van der Waals surface area contributed by atoms with E-state index in [4.69, 9.17) is 14.2 Å². The average molecular weight is 355 g/mol. The van der Waals surface area contributed by atoms with Gasteiger partial charge in [0.1, 0.15) is 5.75 Å². The van der Waals surface area contributed by atoms with Gasteiger partial charge in [-0.05, 0) is 48.7 Å². The summed E-state index contributed by atoms with van der Waals surface area (Å²) in [5.74, 6) is 1.21. The van der Waals surface area contributed by atoms with E-state index >= 15 is 0 Å². The highest BCUT2D eigenvalue weighted by atomic mass is 16.7. The monoisotopic (exact) mass is 355 g/mol. The van der Waals surface area contributed by atoms with Gasteiger partial charge in [-0.2, -0.15) is 0 Å². The van der Waals surface area contributed by atoms with E-state index in [0.717, 1.165) is 25.1 Å². The van der Waals surface area contributed by atoms with Crippen LogP contribution in [0.3, 0.4) is 0 Å². The summed E-state index contributed by atoms with van der Waals surface area (Å²) in [6.45, 7) is 0.743. The molecule has 2 atom stereocenters. The molecule has 26 heavy (non-hydrogen) atoms. The molecule has 140 valence electrons. The van der Waals surface area contributed by atoms with Crippen LogP contribution in [0.2, 0.25) is 0 Å². The molecular formula is C22H29NO3. The molecule has 0 heterocycles. The fourth-order valence-electron chi connectivity index (χ4n) is 4.05. The van der Waals surface area contributed by atoms with E-state index in [2.05, 4.69) is 60.5 Å². The van der Waals surface area contributed by atoms with Gasteiger partial charge in [-0.15, -0.1) is 0 Å². The number of hydrogen-bond acceptors (Lipinski definition) is 4. The minimum absolute atomic E-state index is 0.214. The first-order chi connectivity index (χ1) is 12.7. The molecular weight excluding hydrogens is 326 g/mol. The third-order valence-corrected chi connectivity index (χ3v) is 5.49. The molecule has 0 N–H and O–H groups in total. The zero-order valence-corrected chi connectivity index (χ0v) is 16.1. The highest BCUT2D eigenvalue weighted by molar-refractivity contribution is 5.43. The Bertz CT molecular complexity index is 697. The van der Waals surface area contributed by atoms with Crippen LogP contribution in [0.1, 0.15) is 29.0 Å². The van der Waals surface area contributed by atoms with Gasteiger partial charge in [-0.3, -0.25) is 4.90 Å². The van der Waals surface area contributed by atoms with Crippen molar-refractivity contribution in [3.63, 3.8) is 0 Å². The van der Waals surface area contributed by atoms with Crippen molar-refractivity contribution in [2.45, 2.75) is 31.1 Å². The molecule has 0 aliphatic heterocycles. The van der Waals surface area contributed by atoms with Crippen molar-refractivity contribution in [1.29, 1.82) is 0 Å². The molecule has 0 spiro atoms. The fourth-order valence-corrected chi connectivity index (χ4v) is 4.05. The topological polar surface area (TPSA) is 30.9 Å². The molecule has 0 aromatic heterocycles. The number of methoxy groups -OCH3 is 3. The van der Waals surface area contributed by atoms with Crippen LogP contribution in [0, 0.1) is 0 Å². The first-order valence-corrected chi connectivity index (χ1v) is 9.15. The van der Waals surface area contributed by atoms with Crippen LogP contribution >= 0.6 is 0 Å². The first kappa shape index (κ1) is 18.9. The molecule has 0 saturated heterocycles. The normalized spacial score (nSPS) is 19.6. The molecule has 0 amide bonds. The molecule has 2 aromatic carbocycles. The number of nitrogens with zero attached hydrogens (tertiary/aromatic N) is 1. The van der Waals surface area contributed by atoms with E-state index in [9.17, 15) is 0 Å². The summed E-state index contributed by atoms with van der Waals surface area (Å²) in [6.07, 6.45) is 2.00.